The van der Waals surface area contributed by atoms with Crippen molar-refractivity contribution in [2.24, 2.45) is 7.05 Å². The van der Waals surface area contributed by atoms with Gasteiger partial charge in [-0.05, 0) is 37.9 Å². The molecule has 0 fully saturated rings. The fourth-order valence-corrected chi connectivity index (χ4v) is 1.91. The molecule has 0 aliphatic rings. The van der Waals surface area contributed by atoms with Crippen LogP contribution in [0.15, 0.2) is 24.4 Å². The zero-order valence-electron chi connectivity index (χ0n) is 9.29. The van der Waals surface area contributed by atoms with Gasteiger partial charge in [-0.15, -0.1) is 0 Å². The van der Waals surface area contributed by atoms with Gasteiger partial charge in [0.15, 0.2) is 0 Å². The average molecular weight is 206 g/mol. The summed E-state index contributed by atoms with van der Waals surface area (Å²) < 4.78 is 15.2. The third-order valence-electron chi connectivity index (χ3n) is 2.52. The van der Waals surface area contributed by atoms with Crippen LogP contribution in [0.2, 0.25) is 0 Å². The first-order valence-electron chi connectivity index (χ1n) is 4.96. The number of nitrogens with zero attached hydrogens (tertiary/aromatic N) is 2. The molecule has 3 heteroatoms. The smallest absolute Gasteiger partial charge is 0.123 e. The molecule has 0 aliphatic carbocycles. The molecule has 1 heterocycles. The van der Waals surface area contributed by atoms with E-state index in [1.807, 2.05) is 31.8 Å². The summed E-state index contributed by atoms with van der Waals surface area (Å²) in [7, 11) is 6.01. The molecule has 1 aromatic heterocycles. The first-order chi connectivity index (χ1) is 7.08. The molecule has 80 valence electrons. The van der Waals surface area contributed by atoms with Crippen molar-refractivity contribution in [2.75, 3.05) is 14.1 Å². The molecule has 0 radical (unpaired) electrons. The van der Waals surface area contributed by atoms with Crippen LogP contribution in [0.4, 0.5) is 4.39 Å². The molecular formula is C12H15FN2. The minimum Gasteiger partial charge on any atom is -0.350 e. The Balaban J connectivity index is 2.59. The van der Waals surface area contributed by atoms with Crippen molar-refractivity contribution in [1.29, 1.82) is 0 Å². The lowest BCUT2D eigenvalue weighted by Crippen LogP contribution is -2.10. The maximum Gasteiger partial charge on any atom is 0.123 e. The van der Waals surface area contributed by atoms with Crippen LogP contribution in [0.5, 0.6) is 0 Å². The number of benzene rings is 1. The molecule has 0 amide bonds. The Kier molecular flexibility index (Phi) is 2.49. The second-order valence-electron chi connectivity index (χ2n) is 4.16. The van der Waals surface area contributed by atoms with E-state index < -0.39 is 0 Å². The van der Waals surface area contributed by atoms with Gasteiger partial charge in [0.25, 0.3) is 0 Å². The molecule has 0 bridgehead atoms. The topological polar surface area (TPSA) is 8.17 Å². The van der Waals surface area contributed by atoms with Gasteiger partial charge in [-0.1, -0.05) is 0 Å². The molecule has 0 aliphatic heterocycles. The fraction of sp³-hybridized carbons (Fsp3) is 0.333. The molecule has 0 saturated carbocycles. The molecular weight excluding hydrogens is 191 g/mol. The Morgan fingerprint density at radius 3 is 2.73 bits per heavy atom. The molecule has 2 rings (SSSR count). The Morgan fingerprint density at radius 2 is 2.07 bits per heavy atom. The van der Waals surface area contributed by atoms with Gasteiger partial charge in [0.1, 0.15) is 5.82 Å². The summed E-state index contributed by atoms with van der Waals surface area (Å²) >= 11 is 0. The van der Waals surface area contributed by atoms with E-state index in [9.17, 15) is 4.39 Å². The van der Waals surface area contributed by atoms with Crippen LogP contribution in [-0.2, 0) is 13.6 Å². The highest BCUT2D eigenvalue weighted by Gasteiger charge is 2.07. The quantitative estimate of drug-likeness (QED) is 0.732. The second kappa shape index (κ2) is 3.66. The lowest BCUT2D eigenvalue weighted by atomic mass is 10.1. The number of hydrogen-bond donors (Lipinski definition) is 0. The number of rotatable bonds is 2. The molecule has 2 nitrogen and oxygen atoms in total. The summed E-state index contributed by atoms with van der Waals surface area (Å²) in [6.07, 6.45) is 2.06. The maximum absolute atomic E-state index is 13.1. The highest BCUT2D eigenvalue weighted by atomic mass is 19.1. The van der Waals surface area contributed by atoms with Crippen LogP contribution >= 0.6 is 0 Å². The Labute approximate surface area is 88.9 Å². The third-order valence-corrected chi connectivity index (χ3v) is 2.52. The first-order valence-corrected chi connectivity index (χ1v) is 4.96. The minimum atomic E-state index is -0.172. The van der Waals surface area contributed by atoms with Crippen molar-refractivity contribution in [1.82, 2.24) is 9.47 Å². The van der Waals surface area contributed by atoms with Crippen molar-refractivity contribution in [3.63, 3.8) is 0 Å². The van der Waals surface area contributed by atoms with E-state index in [2.05, 4.69) is 11.1 Å². The van der Waals surface area contributed by atoms with Crippen LogP contribution in [0.25, 0.3) is 10.9 Å². The van der Waals surface area contributed by atoms with Crippen LogP contribution in [0.3, 0.4) is 0 Å². The van der Waals surface area contributed by atoms with Gasteiger partial charge < -0.3 is 9.47 Å². The minimum absolute atomic E-state index is 0.172. The van der Waals surface area contributed by atoms with Crippen molar-refractivity contribution in [3.05, 3.63) is 35.8 Å². The van der Waals surface area contributed by atoms with Gasteiger partial charge in [-0.2, -0.15) is 0 Å². The van der Waals surface area contributed by atoms with Crippen LogP contribution in [-0.4, -0.2) is 23.6 Å². The molecule has 2 aromatic rings. The average Bonchev–Trinajstić information content (AvgIpc) is 2.42. The number of halogens is 1. The molecule has 15 heavy (non-hydrogen) atoms. The van der Waals surface area contributed by atoms with E-state index in [4.69, 9.17) is 0 Å². The number of aromatic nitrogens is 1. The third kappa shape index (κ3) is 1.88. The summed E-state index contributed by atoms with van der Waals surface area (Å²) in [5, 5.41) is 1.01. The van der Waals surface area contributed by atoms with E-state index in [0.717, 1.165) is 23.0 Å². The number of fused-ring (bicyclic) bond motifs is 1. The molecule has 0 spiro atoms. The standard InChI is InChI=1S/C12H15FN2/c1-14(2)7-9-8-15(3)12-5-4-10(13)6-11(9)12/h4-6,8H,7H2,1-3H3. The monoisotopic (exact) mass is 206 g/mol. The van der Waals surface area contributed by atoms with Crippen molar-refractivity contribution in [3.8, 4) is 0 Å². The maximum atomic E-state index is 13.1. The van der Waals surface area contributed by atoms with E-state index in [1.54, 1.807) is 6.07 Å². The van der Waals surface area contributed by atoms with Gasteiger partial charge >= 0.3 is 0 Å². The lowest BCUT2D eigenvalue weighted by Gasteiger charge is -2.07. The summed E-state index contributed by atoms with van der Waals surface area (Å²) in [5.74, 6) is -0.172. The van der Waals surface area contributed by atoms with Gasteiger partial charge in [-0.25, -0.2) is 4.39 Å². The van der Waals surface area contributed by atoms with Crippen LogP contribution in [0, 0.1) is 5.82 Å². The lowest BCUT2D eigenvalue weighted by molar-refractivity contribution is 0.403. The highest BCUT2D eigenvalue weighted by Crippen LogP contribution is 2.22. The fourth-order valence-electron chi connectivity index (χ4n) is 1.91. The van der Waals surface area contributed by atoms with Crippen LogP contribution < -0.4 is 0 Å². The Bertz CT molecular complexity index is 486. The summed E-state index contributed by atoms with van der Waals surface area (Å²) in [6.45, 7) is 0.834. The molecule has 0 unspecified atom stereocenters. The Morgan fingerprint density at radius 1 is 1.33 bits per heavy atom. The number of aryl methyl sites for hydroxylation is 1. The SMILES string of the molecule is CN(C)Cc1cn(C)c2ccc(F)cc12. The predicted octanol–water partition coefficient (Wildman–Crippen LogP) is 2.38. The van der Waals surface area contributed by atoms with Gasteiger partial charge in [0.05, 0.1) is 0 Å². The van der Waals surface area contributed by atoms with Crippen molar-refractivity contribution < 1.29 is 4.39 Å². The van der Waals surface area contributed by atoms with E-state index in [0.29, 0.717) is 0 Å². The van der Waals surface area contributed by atoms with Gasteiger partial charge in [-0.3, -0.25) is 0 Å². The second-order valence-corrected chi connectivity index (χ2v) is 4.16. The van der Waals surface area contributed by atoms with Crippen molar-refractivity contribution >= 4 is 10.9 Å². The number of hydrogen-bond acceptors (Lipinski definition) is 1. The summed E-state index contributed by atoms with van der Waals surface area (Å²) in [4.78, 5) is 2.08. The largest absolute Gasteiger partial charge is 0.350 e. The Hall–Kier alpha value is -1.35. The van der Waals surface area contributed by atoms with E-state index in [1.165, 1.54) is 6.07 Å². The van der Waals surface area contributed by atoms with Gasteiger partial charge in [0.2, 0.25) is 0 Å². The first kappa shape index (κ1) is 10.2. The normalized spacial score (nSPS) is 11.5. The van der Waals surface area contributed by atoms with E-state index >= 15 is 0 Å². The highest BCUT2D eigenvalue weighted by molar-refractivity contribution is 5.83. The van der Waals surface area contributed by atoms with Gasteiger partial charge in [0, 0.05) is 30.7 Å². The van der Waals surface area contributed by atoms with Crippen molar-refractivity contribution in [2.45, 2.75) is 6.54 Å². The summed E-state index contributed by atoms with van der Waals surface area (Å²) in [6, 6.07) is 4.93. The summed E-state index contributed by atoms with van der Waals surface area (Å²) in [5.41, 5.74) is 2.24. The molecule has 1 aromatic carbocycles. The molecule has 0 N–H and O–H groups in total. The zero-order valence-corrected chi connectivity index (χ0v) is 9.29. The predicted molar refractivity (Wildman–Crippen MR) is 60.3 cm³/mol. The molecule has 0 saturated heterocycles. The van der Waals surface area contributed by atoms with E-state index in [-0.39, 0.29) is 5.82 Å². The molecule has 0 atom stereocenters. The van der Waals surface area contributed by atoms with Crippen LogP contribution in [0.1, 0.15) is 5.56 Å². The zero-order chi connectivity index (χ0) is 11.0.